The molecule has 5 nitrogen and oxygen atoms in total. The van der Waals surface area contributed by atoms with Gasteiger partial charge in [-0.1, -0.05) is 6.92 Å². The fourth-order valence-corrected chi connectivity index (χ4v) is 1.25. The molecule has 5 heteroatoms. The van der Waals surface area contributed by atoms with Crippen molar-refractivity contribution in [2.45, 2.75) is 13.3 Å². The maximum absolute atomic E-state index is 11.7. The van der Waals surface area contributed by atoms with Gasteiger partial charge in [0, 0.05) is 19.3 Å². The number of nitrogens with one attached hydrogen (secondary N) is 1. The van der Waals surface area contributed by atoms with Crippen molar-refractivity contribution in [3.63, 3.8) is 0 Å². The Morgan fingerprint density at radius 3 is 2.93 bits per heavy atom. The number of carbonyl (C=O) groups excluding carboxylic acids is 1. The summed E-state index contributed by atoms with van der Waals surface area (Å²) >= 11 is 0. The number of aliphatic hydroxyl groups is 1. The number of aromatic nitrogens is 2. The summed E-state index contributed by atoms with van der Waals surface area (Å²) in [5.74, 6) is -0.113. The third-order valence-corrected chi connectivity index (χ3v) is 1.88. The fourth-order valence-electron chi connectivity index (χ4n) is 1.25. The number of aliphatic hydroxyl groups excluding tert-OH is 1. The van der Waals surface area contributed by atoms with E-state index in [1.807, 2.05) is 6.92 Å². The van der Waals surface area contributed by atoms with Gasteiger partial charge in [-0.25, -0.2) is 0 Å². The lowest BCUT2D eigenvalue weighted by molar-refractivity contribution is 0.0716. The molecule has 0 fully saturated rings. The van der Waals surface area contributed by atoms with Gasteiger partial charge in [-0.05, 0) is 12.5 Å². The van der Waals surface area contributed by atoms with Crippen LogP contribution in [0.2, 0.25) is 0 Å². The molecule has 0 saturated heterocycles. The molecule has 0 aliphatic heterocycles. The quantitative estimate of drug-likeness (QED) is 0.711. The van der Waals surface area contributed by atoms with Gasteiger partial charge >= 0.3 is 0 Å². The standard InChI is InChI=1S/C9H15N3O2/c1-2-5-12(6-7-13)9(14)8-3-4-10-11-8/h3-4,13H,2,5-7H2,1H3,(H,10,11). The number of aromatic amines is 1. The van der Waals surface area contributed by atoms with E-state index in [4.69, 9.17) is 5.11 Å². The zero-order valence-electron chi connectivity index (χ0n) is 8.23. The van der Waals surface area contributed by atoms with Crippen LogP contribution in [0.4, 0.5) is 0 Å². The van der Waals surface area contributed by atoms with Gasteiger partial charge in [0.25, 0.3) is 5.91 Å². The Bertz CT molecular complexity index is 266. The summed E-state index contributed by atoms with van der Waals surface area (Å²) in [7, 11) is 0. The Morgan fingerprint density at radius 2 is 2.43 bits per heavy atom. The van der Waals surface area contributed by atoms with Crippen molar-refractivity contribution in [3.05, 3.63) is 18.0 Å². The number of rotatable bonds is 5. The van der Waals surface area contributed by atoms with Crippen LogP contribution in [-0.2, 0) is 0 Å². The van der Waals surface area contributed by atoms with Crippen molar-refractivity contribution in [3.8, 4) is 0 Å². The summed E-state index contributed by atoms with van der Waals surface area (Å²) in [5.41, 5.74) is 0.465. The molecular weight excluding hydrogens is 182 g/mol. The summed E-state index contributed by atoms with van der Waals surface area (Å²) < 4.78 is 0. The van der Waals surface area contributed by atoms with E-state index < -0.39 is 0 Å². The molecule has 0 bridgehead atoms. The van der Waals surface area contributed by atoms with Gasteiger partial charge in [0.2, 0.25) is 0 Å². The van der Waals surface area contributed by atoms with E-state index in [0.717, 1.165) is 6.42 Å². The molecule has 0 aliphatic rings. The highest BCUT2D eigenvalue weighted by Gasteiger charge is 2.14. The summed E-state index contributed by atoms with van der Waals surface area (Å²) in [6.45, 7) is 2.99. The Morgan fingerprint density at radius 1 is 1.64 bits per heavy atom. The van der Waals surface area contributed by atoms with Crippen molar-refractivity contribution in [1.82, 2.24) is 15.1 Å². The minimum absolute atomic E-state index is 0.0140. The lowest BCUT2D eigenvalue weighted by Gasteiger charge is -2.19. The highest BCUT2D eigenvalue weighted by molar-refractivity contribution is 5.92. The van der Waals surface area contributed by atoms with Gasteiger partial charge in [-0.3, -0.25) is 9.89 Å². The van der Waals surface area contributed by atoms with Crippen LogP contribution in [0.15, 0.2) is 12.3 Å². The van der Waals surface area contributed by atoms with Crippen molar-refractivity contribution in [1.29, 1.82) is 0 Å². The van der Waals surface area contributed by atoms with E-state index in [2.05, 4.69) is 10.2 Å². The average molecular weight is 197 g/mol. The number of carbonyl (C=O) groups is 1. The predicted molar refractivity (Wildman–Crippen MR) is 51.9 cm³/mol. The molecule has 0 spiro atoms. The van der Waals surface area contributed by atoms with Gasteiger partial charge in [0.1, 0.15) is 5.69 Å². The molecule has 1 heterocycles. The second-order valence-electron chi connectivity index (χ2n) is 2.99. The number of amides is 1. The molecule has 0 saturated carbocycles. The van der Waals surface area contributed by atoms with Crippen LogP contribution in [0.5, 0.6) is 0 Å². The van der Waals surface area contributed by atoms with E-state index in [0.29, 0.717) is 18.8 Å². The topological polar surface area (TPSA) is 69.2 Å². The van der Waals surface area contributed by atoms with Crippen molar-refractivity contribution in [2.75, 3.05) is 19.7 Å². The first-order valence-electron chi connectivity index (χ1n) is 4.69. The molecule has 0 aromatic carbocycles. The highest BCUT2D eigenvalue weighted by atomic mass is 16.3. The van der Waals surface area contributed by atoms with E-state index in [9.17, 15) is 4.79 Å². The van der Waals surface area contributed by atoms with Gasteiger partial charge in [0.15, 0.2) is 0 Å². The lowest BCUT2D eigenvalue weighted by Crippen LogP contribution is -2.34. The largest absolute Gasteiger partial charge is 0.395 e. The zero-order valence-corrected chi connectivity index (χ0v) is 8.23. The third-order valence-electron chi connectivity index (χ3n) is 1.88. The van der Waals surface area contributed by atoms with E-state index in [1.165, 1.54) is 6.20 Å². The minimum atomic E-state index is -0.113. The molecule has 1 rings (SSSR count). The van der Waals surface area contributed by atoms with E-state index in [-0.39, 0.29) is 12.5 Å². The smallest absolute Gasteiger partial charge is 0.271 e. The normalized spacial score (nSPS) is 10.1. The molecule has 0 unspecified atom stereocenters. The number of hydrogen-bond donors (Lipinski definition) is 2. The van der Waals surface area contributed by atoms with Crippen molar-refractivity contribution < 1.29 is 9.90 Å². The molecule has 0 atom stereocenters. The Hall–Kier alpha value is -1.36. The molecule has 1 amide bonds. The molecule has 1 aromatic rings. The first-order chi connectivity index (χ1) is 6.79. The Kier molecular flexibility index (Phi) is 4.12. The zero-order chi connectivity index (χ0) is 10.4. The summed E-state index contributed by atoms with van der Waals surface area (Å²) in [4.78, 5) is 13.3. The first kappa shape index (κ1) is 10.7. The SMILES string of the molecule is CCCN(CCO)C(=O)c1ccn[nH]1. The van der Waals surface area contributed by atoms with Crippen molar-refractivity contribution in [2.24, 2.45) is 0 Å². The molecular formula is C9H15N3O2. The molecule has 2 N–H and O–H groups in total. The molecule has 0 radical (unpaired) electrons. The minimum Gasteiger partial charge on any atom is -0.395 e. The van der Waals surface area contributed by atoms with Gasteiger partial charge in [0.05, 0.1) is 6.61 Å². The monoisotopic (exact) mass is 197 g/mol. The summed E-state index contributed by atoms with van der Waals surface area (Å²) in [6, 6.07) is 1.63. The number of H-pyrrole nitrogens is 1. The molecule has 1 aromatic heterocycles. The fraction of sp³-hybridized carbons (Fsp3) is 0.556. The molecule has 78 valence electrons. The maximum atomic E-state index is 11.7. The van der Waals surface area contributed by atoms with E-state index >= 15 is 0 Å². The van der Waals surface area contributed by atoms with Crippen LogP contribution in [0, 0.1) is 0 Å². The second-order valence-corrected chi connectivity index (χ2v) is 2.99. The van der Waals surface area contributed by atoms with Crippen LogP contribution < -0.4 is 0 Å². The first-order valence-corrected chi connectivity index (χ1v) is 4.69. The number of hydrogen-bond acceptors (Lipinski definition) is 3. The van der Waals surface area contributed by atoms with E-state index in [1.54, 1.807) is 11.0 Å². The van der Waals surface area contributed by atoms with Crippen LogP contribution in [0.25, 0.3) is 0 Å². The van der Waals surface area contributed by atoms with Gasteiger partial charge < -0.3 is 10.0 Å². The van der Waals surface area contributed by atoms with Crippen molar-refractivity contribution >= 4 is 5.91 Å². The number of nitrogens with zero attached hydrogens (tertiary/aromatic N) is 2. The second kappa shape index (κ2) is 5.39. The van der Waals surface area contributed by atoms with Crippen LogP contribution in [0.1, 0.15) is 23.8 Å². The molecule has 14 heavy (non-hydrogen) atoms. The highest BCUT2D eigenvalue weighted by Crippen LogP contribution is 2.01. The Balaban J connectivity index is 2.63. The summed E-state index contributed by atoms with van der Waals surface area (Å²) in [6.07, 6.45) is 2.41. The maximum Gasteiger partial charge on any atom is 0.271 e. The predicted octanol–water partition coefficient (Wildman–Crippen LogP) is 0.254. The molecule has 0 aliphatic carbocycles. The van der Waals surface area contributed by atoms with Crippen LogP contribution >= 0.6 is 0 Å². The average Bonchev–Trinajstić information content (AvgIpc) is 2.69. The van der Waals surface area contributed by atoms with Crippen LogP contribution in [-0.4, -0.2) is 45.8 Å². The lowest BCUT2D eigenvalue weighted by atomic mass is 10.3. The Labute approximate surface area is 82.7 Å². The van der Waals surface area contributed by atoms with Gasteiger partial charge in [-0.15, -0.1) is 0 Å². The summed E-state index contributed by atoms with van der Waals surface area (Å²) in [5, 5.41) is 15.1. The van der Waals surface area contributed by atoms with Crippen LogP contribution in [0.3, 0.4) is 0 Å². The third kappa shape index (κ3) is 2.56. The van der Waals surface area contributed by atoms with Gasteiger partial charge in [-0.2, -0.15) is 5.10 Å².